The van der Waals surface area contributed by atoms with Gasteiger partial charge in [0.25, 0.3) is 0 Å². The van der Waals surface area contributed by atoms with Gasteiger partial charge in [-0.3, -0.25) is 0 Å². The lowest BCUT2D eigenvalue weighted by Crippen LogP contribution is -2.17. The van der Waals surface area contributed by atoms with Crippen molar-refractivity contribution < 1.29 is 9.48 Å². The predicted octanol–water partition coefficient (Wildman–Crippen LogP) is 4.78. The van der Waals surface area contributed by atoms with Gasteiger partial charge in [0.1, 0.15) is 5.75 Å². The molecule has 0 amide bonds. The van der Waals surface area contributed by atoms with Crippen LogP contribution in [-0.4, -0.2) is 17.6 Å². The Morgan fingerprint density at radius 3 is 2.50 bits per heavy atom. The third-order valence-corrected chi connectivity index (χ3v) is 4.09. The van der Waals surface area contributed by atoms with Crippen LogP contribution in [0.2, 0.25) is 0 Å². The summed E-state index contributed by atoms with van der Waals surface area (Å²) in [6.45, 7) is 0. The lowest BCUT2D eigenvalue weighted by molar-refractivity contribution is -0.377. The summed E-state index contributed by atoms with van der Waals surface area (Å²) in [6, 6.07) is 17.8. The molecule has 3 nitrogen and oxygen atoms in total. The maximum atomic E-state index is 12.6. The average Bonchev–Trinajstić information content (AvgIpc) is 2.61. The number of benzene rings is 2. The van der Waals surface area contributed by atoms with E-state index < -0.39 is 0 Å². The Bertz CT molecular complexity index is 771. The summed E-state index contributed by atoms with van der Waals surface area (Å²) in [6.07, 6.45) is 8.50. The van der Waals surface area contributed by atoms with E-state index in [2.05, 4.69) is 18.2 Å². The van der Waals surface area contributed by atoms with E-state index in [4.69, 9.17) is 4.74 Å². The molecule has 0 fully saturated rings. The number of methoxy groups -OCH3 is 1. The summed E-state index contributed by atoms with van der Waals surface area (Å²) in [5.41, 5.74) is 3.78. The molecule has 0 saturated heterocycles. The second kappa shape index (κ2) is 7.64. The quantitative estimate of drug-likeness (QED) is 0.603. The van der Waals surface area contributed by atoms with Crippen molar-refractivity contribution in [1.29, 1.82) is 0 Å². The third-order valence-electron chi connectivity index (χ3n) is 4.09. The molecule has 24 heavy (non-hydrogen) atoms. The van der Waals surface area contributed by atoms with E-state index in [1.165, 1.54) is 0 Å². The van der Waals surface area contributed by atoms with Gasteiger partial charge in [-0.05, 0) is 61.2 Å². The molecule has 0 unspecified atom stereocenters. The van der Waals surface area contributed by atoms with Crippen molar-refractivity contribution in [3.05, 3.63) is 88.8 Å². The number of allylic oxidation sites excluding steroid dienone is 2. The van der Waals surface area contributed by atoms with Crippen LogP contribution in [0.25, 0.3) is 6.08 Å². The Morgan fingerprint density at radius 2 is 1.79 bits per heavy atom. The van der Waals surface area contributed by atoms with Gasteiger partial charge < -0.3 is 9.94 Å². The molecule has 0 spiro atoms. The van der Waals surface area contributed by atoms with Crippen molar-refractivity contribution in [2.45, 2.75) is 19.3 Å². The average molecular weight is 319 g/mol. The van der Waals surface area contributed by atoms with E-state index >= 15 is 0 Å². The zero-order valence-electron chi connectivity index (χ0n) is 13.8. The summed E-state index contributed by atoms with van der Waals surface area (Å²) >= 11 is 0. The first-order valence-corrected chi connectivity index (χ1v) is 8.18. The lowest BCUT2D eigenvalue weighted by Gasteiger charge is -2.14. The standard InChI is InChI=1S/C21H21NO2/c1-24-20-13-11-18(12-14-20)21-19(10-6-3-7-15-22(21)23)16-17-8-4-2-5-9-17/h2,4-5,7-9,11-16H,3,6,10H2,1H3/b15-7-,19-16+,22-21+. The van der Waals surface area contributed by atoms with E-state index in [9.17, 15) is 5.21 Å². The molecule has 2 aromatic carbocycles. The van der Waals surface area contributed by atoms with Gasteiger partial charge in [-0.2, -0.15) is 4.74 Å². The van der Waals surface area contributed by atoms with Crippen LogP contribution in [0.1, 0.15) is 30.4 Å². The summed E-state index contributed by atoms with van der Waals surface area (Å²) in [4.78, 5) is 0. The van der Waals surface area contributed by atoms with E-state index in [-0.39, 0.29) is 0 Å². The van der Waals surface area contributed by atoms with Gasteiger partial charge in [-0.15, -0.1) is 0 Å². The Kier molecular flexibility index (Phi) is 5.12. The van der Waals surface area contributed by atoms with Crippen LogP contribution in [0.3, 0.4) is 0 Å². The fourth-order valence-corrected chi connectivity index (χ4v) is 2.87. The number of ether oxygens (including phenoxy) is 1. The molecular weight excluding hydrogens is 298 g/mol. The van der Waals surface area contributed by atoms with E-state index in [1.54, 1.807) is 13.3 Å². The van der Waals surface area contributed by atoms with Crippen molar-refractivity contribution in [2.75, 3.05) is 7.11 Å². The van der Waals surface area contributed by atoms with Crippen LogP contribution in [0.4, 0.5) is 0 Å². The van der Waals surface area contributed by atoms with Crippen LogP contribution < -0.4 is 4.74 Å². The predicted molar refractivity (Wildman–Crippen MR) is 98.1 cm³/mol. The molecule has 1 heterocycles. The minimum absolute atomic E-state index is 0.706. The highest BCUT2D eigenvalue weighted by Gasteiger charge is 2.19. The molecule has 3 rings (SSSR count). The van der Waals surface area contributed by atoms with Crippen LogP contribution in [-0.2, 0) is 0 Å². The van der Waals surface area contributed by atoms with E-state index in [1.807, 2.05) is 48.5 Å². The largest absolute Gasteiger partial charge is 0.618 e. The number of nitrogens with zero attached hydrogens (tertiary/aromatic N) is 1. The molecule has 122 valence electrons. The topological polar surface area (TPSA) is 35.3 Å². The molecular formula is C21H21NO2. The third kappa shape index (κ3) is 3.74. The second-order valence-electron chi connectivity index (χ2n) is 5.76. The first kappa shape index (κ1) is 16.1. The summed E-state index contributed by atoms with van der Waals surface area (Å²) < 4.78 is 6.20. The highest BCUT2D eigenvalue weighted by molar-refractivity contribution is 6.12. The maximum Gasteiger partial charge on any atom is 0.226 e. The van der Waals surface area contributed by atoms with Crippen LogP contribution in [0.5, 0.6) is 5.75 Å². The normalized spacial score (nSPS) is 21.1. The van der Waals surface area contributed by atoms with Crippen molar-refractivity contribution in [1.82, 2.24) is 0 Å². The van der Waals surface area contributed by atoms with Crippen molar-refractivity contribution in [2.24, 2.45) is 0 Å². The van der Waals surface area contributed by atoms with Gasteiger partial charge in [0.05, 0.1) is 7.11 Å². The molecule has 0 aromatic heterocycles. The van der Waals surface area contributed by atoms with Gasteiger partial charge in [-0.1, -0.05) is 30.3 Å². The highest BCUT2D eigenvalue weighted by Crippen LogP contribution is 2.22. The Hall–Kier alpha value is -2.81. The highest BCUT2D eigenvalue weighted by atomic mass is 16.5. The first-order valence-electron chi connectivity index (χ1n) is 8.18. The SMILES string of the molecule is COc1ccc(/C2=[N+]([O-])/C=C\CCC\C2=C/c2ccccc2)cc1. The molecule has 0 atom stereocenters. The minimum Gasteiger partial charge on any atom is -0.618 e. The van der Waals surface area contributed by atoms with Crippen molar-refractivity contribution in [3.8, 4) is 5.75 Å². The Balaban J connectivity index is 2.09. The maximum absolute atomic E-state index is 12.6. The van der Waals surface area contributed by atoms with E-state index in [0.717, 1.165) is 46.5 Å². The molecule has 0 bridgehead atoms. The zero-order chi connectivity index (χ0) is 16.8. The number of hydroxylamine groups is 1. The van der Waals surface area contributed by atoms with Gasteiger partial charge in [0.2, 0.25) is 5.71 Å². The fourth-order valence-electron chi connectivity index (χ4n) is 2.87. The first-order chi connectivity index (χ1) is 11.8. The van der Waals surface area contributed by atoms with Crippen LogP contribution in [0, 0.1) is 5.21 Å². The fraction of sp³-hybridized carbons (Fsp3) is 0.190. The van der Waals surface area contributed by atoms with Crippen LogP contribution >= 0.6 is 0 Å². The molecule has 1 aliphatic heterocycles. The molecule has 1 aliphatic rings. The molecule has 3 heteroatoms. The van der Waals surface area contributed by atoms with Crippen LogP contribution in [0.15, 0.2) is 72.4 Å². The van der Waals surface area contributed by atoms with Gasteiger partial charge in [0.15, 0.2) is 6.20 Å². The van der Waals surface area contributed by atoms with Gasteiger partial charge in [0, 0.05) is 11.1 Å². The monoisotopic (exact) mass is 319 g/mol. The van der Waals surface area contributed by atoms with Crippen molar-refractivity contribution >= 4 is 11.8 Å². The van der Waals surface area contributed by atoms with Gasteiger partial charge >= 0.3 is 0 Å². The molecule has 2 aromatic rings. The number of rotatable bonds is 3. The van der Waals surface area contributed by atoms with Gasteiger partial charge in [-0.25, -0.2) is 0 Å². The lowest BCUT2D eigenvalue weighted by atomic mass is 9.94. The molecule has 0 saturated carbocycles. The Morgan fingerprint density at radius 1 is 1.04 bits per heavy atom. The minimum atomic E-state index is 0.706. The Labute approximate surface area is 142 Å². The molecule has 0 aliphatic carbocycles. The molecule has 0 radical (unpaired) electrons. The zero-order valence-corrected chi connectivity index (χ0v) is 13.8. The summed E-state index contributed by atoms with van der Waals surface area (Å²) in [5.74, 6) is 0.784. The smallest absolute Gasteiger partial charge is 0.226 e. The summed E-state index contributed by atoms with van der Waals surface area (Å²) in [5, 5.41) is 12.6. The molecule has 0 N–H and O–H groups in total. The summed E-state index contributed by atoms with van der Waals surface area (Å²) in [7, 11) is 1.64. The van der Waals surface area contributed by atoms with E-state index in [0.29, 0.717) is 5.71 Å². The number of hydrogen-bond donors (Lipinski definition) is 0. The number of hydrogen-bond acceptors (Lipinski definition) is 2. The second-order valence-corrected chi connectivity index (χ2v) is 5.76. The van der Waals surface area contributed by atoms with Crippen molar-refractivity contribution in [3.63, 3.8) is 0 Å².